The fraction of sp³-hybridized carbons (Fsp3) is 0.133. The van der Waals surface area contributed by atoms with Gasteiger partial charge in [0.15, 0.2) is 0 Å². The van der Waals surface area contributed by atoms with Gasteiger partial charge in [0, 0.05) is 0 Å². The third-order valence-electron chi connectivity index (χ3n) is 3.09. The van der Waals surface area contributed by atoms with Crippen molar-refractivity contribution in [2.24, 2.45) is 5.16 Å². The predicted octanol–water partition coefficient (Wildman–Crippen LogP) is 3.96. The fourth-order valence-corrected chi connectivity index (χ4v) is 2.21. The summed E-state index contributed by atoms with van der Waals surface area (Å²) < 4.78 is 10.6. The van der Waals surface area contributed by atoms with Gasteiger partial charge >= 0.3 is 0 Å². The average molecular weight is 255 g/mol. The number of oxime groups is 1. The maximum absolute atomic E-state index is 9.21. The molecule has 1 N–H and O–H groups in total. The third-order valence-corrected chi connectivity index (χ3v) is 3.09. The summed E-state index contributed by atoms with van der Waals surface area (Å²) in [5.74, 6) is 1.52. The molecule has 1 saturated carbocycles. The van der Waals surface area contributed by atoms with E-state index in [1.165, 1.54) is 0 Å². The molecule has 2 aromatic rings. The van der Waals surface area contributed by atoms with E-state index in [0.717, 1.165) is 35.5 Å². The minimum Gasteiger partial charge on any atom is -0.465 e. The number of nitrogens with zero attached hydrogens (tertiary/aromatic N) is 1. The summed E-state index contributed by atoms with van der Waals surface area (Å²) >= 11 is 0. The van der Waals surface area contributed by atoms with Gasteiger partial charge in [-0.05, 0) is 60.4 Å². The maximum atomic E-state index is 9.21. The minimum absolute atomic E-state index is 0.604. The Labute approximate surface area is 110 Å². The summed E-state index contributed by atoms with van der Waals surface area (Å²) in [6.45, 7) is 0. The van der Waals surface area contributed by atoms with Crippen molar-refractivity contribution in [3.05, 3.63) is 59.5 Å². The first kappa shape index (κ1) is 11.6. The zero-order chi connectivity index (χ0) is 13.1. The minimum atomic E-state index is 0.604. The summed E-state index contributed by atoms with van der Waals surface area (Å²) in [6.07, 6.45) is 8.70. The Kier molecular flexibility index (Phi) is 3.06. The molecule has 2 heterocycles. The summed E-state index contributed by atoms with van der Waals surface area (Å²) in [5.41, 5.74) is 2.54. The standard InChI is InChI=1S/C15H13NO3/c17-16-15-11(9-13-3-1-7-18-13)5-6-12(15)10-14-4-2-8-19-14/h1-4,7-10,17H,5-6H2/b11-9+,12-10+. The van der Waals surface area contributed by atoms with Crippen molar-refractivity contribution in [3.63, 3.8) is 0 Å². The lowest BCUT2D eigenvalue weighted by molar-refractivity contribution is 0.319. The van der Waals surface area contributed by atoms with E-state index in [2.05, 4.69) is 5.16 Å². The molecule has 4 heteroatoms. The highest BCUT2D eigenvalue weighted by Gasteiger charge is 2.22. The summed E-state index contributed by atoms with van der Waals surface area (Å²) in [7, 11) is 0. The zero-order valence-electron chi connectivity index (χ0n) is 10.2. The molecule has 19 heavy (non-hydrogen) atoms. The molecule has 1 aliphatic carbocycles. The highest BCUT2D eigenvalue weighted by molar-refractivity contribution is 6.18. The first-order valence-electron chi connectivity index (χ1n) is 6.08. The molecule has 0 aliphatic heterocycles. The Morgan fingerprint density at radius 1 is 0.947 bits per heavy atom. The summed E-state index contributed by atoms with van der Waals surface area (Å²) in [6, 6.07) is 7.40. The largest absolute Gasteiger partial charge is 0.465 e. The summed E-state index contributed by atoms with van der Waals surface area (Å²) in [5, 5.41) is 12.6. The van der Waals surface area contributed by atoms with E-state index in [-0.39, 0.29) is 0 Å². The molecule has 0 unspecified atom stereocenters. The average Bonchev–Trinajstić information content (AvgIpc) is 3.13. The molecule has 0 aromatic carbocycles. The molecule has 0 bridgehead atoms. The van der Waals surface area contributed by atoms with Crippen molar-refractivity contribution in [3.8, 4) is 0 Å². The van der Waals surface area contributed by atoms with Gasteiger partial charge in [-0.3, -0.25) is 0 Å². The molecule has 1 fully saturated rings. The summed E-state index contributed by atoms with van der Waals surface area (Å²) in [4.78, 5) is 0. The molecular formula is C15H13NO3. The first-order chi connectivity index (χ1) is 9.36. The van der Waals surface area contributed by atoms with Crippen LogP contribution in [0.2, 0.25) is 0 Å². The third kappa shape index (κ3) is 2.38. The van der Waals surface area contributed by atoms with Gasteiger partial charge in [0.25, 0.3) is 0 Å². The Balaban J connectivity index is 1.91. The van der Waals surface area contributed by atoms with Gasteiger partial charge in [-0.2, -0.15) is 0 Å². The van der Waals surface area contributed by atoms with E-state index in [0.29, 0.717) is 5.71 Å². The van der Waals surface area contributed by atoms with Gasteiger partial charge in [0.2, 0.25) is 0 Å². The van der Waals surface area contributed by atoms with Crippen molar-refractivity contribution in [1.82, 2.24) is 0 Å². The van der Waals surface area contributed by atoms with E-state index in [1.54, 1.807) is 12.5 Å². The normalized spacial score (nSPS) is 19.5. The van der Waals surface area contributed by atoms with Crippen LogP contribution in [-0.2, 0) is 0 Å². The highest BCUT2D eigenvalue weighted by Crippen LogP contribution is 2.30. The van der Waals surface area contributed by atoms with Gasteiger partial charge < -0.3 is 14.0 Å². The number of rotatable bonds is 2. The van der Waals surface area contributed by atoms with E-state index in [9.17, 15) is 5.21 Å². The van der Waals surface area contributed by atoms with E-state index in [4.69, 9.17) is 8.83 Å². The Morgan fingerprint density at radius 2 is 1.47 bits per heavy atom. The molecule has 1 aliphatic rings. The lowest BCUT2D eigenvalue weighted by Gasteiger charge is -1.98. The van der Waals surface area contributed by atoms with Crippen LogP contribution in [0.15, 0.2) is 61.9 Å². The second-order valence-corrected chi connectivity index (χ2v) is 4.32. The SMILES string of the molecule is ON=C1/C(=C/c2ccco2)CC/C1=C\c1ccco1. The molecule has 0 atom stereocenters. The fourth-order valence-electron chi connectivity index (χ4n) is 2.21. The Hall–Kier alpha value is -2.49. The lowest BCUT2D eigenvalue weighted by Crippen LogP contribution is -1.96. The number of hydrogen-bond acceptors (Lipinski definition) is 4. The van der Waals surface area contributed by atoms with Gasteiger partial charge in [0.05, 0.1) is 12.5 Å². The molecular weight excluding hydrogens is 242 g/mol. The Morgan fingerprint density at radius 3 is 1.84 bits per heavy atom. The Bertz CT molecular complexity index is 577. The van der Waals surface area contributed by atoms with Gasteiger partial charge in [-0.1, -0.05) is 5.16 Å². The quantitative estimate of drug-likeness (QED) is 0.652. The molecule has 96 valence electrons. The van der Waals surface area contributed by atoms with Crippen molar-refractivity contribution in [2.45, 2.75) is 12.8 Å². The monoisotopic (exact) mass is 255 g/mol. The smallest absolute Gasteiger partial charge is 0.126 e. The van der Waals surface area contributed by atoms with E-state index >= 15 is 0 Å². The number of allylic oxidation sites excluding steroid dienone is 2. The second kappa shape index (κ2) is 5.02. The van der Waals surface area contributed by atoms with Crippen LogP contribution in [0.4, 0.5) is 0 Å². The van der Waals surface area contributed by atoms with Gasteiger partial charge in [-0.15, -0.1) is 0 Å². The van der Waals surface area contributed by atoms with Crippen LogP contribution >= 0.6 is 0 Å². The lowest BCUT2D eigenvalue weighted by atomic mass is 10.1. The van der Waals surface area contributed by atoms with Crippen molar-refractivity contribution in [1.29, 1.82) is 0 Å². The van der Waals surface area contributed by atoms with Crippen LogP contribution < -0.4 is 0 Å². The molecule has 0 spiro atoms. The van der Waals surface area contributed by atoms with Gasteiger partial charge in [0.1, 0.15) is 17.2 Å². The second-order valence-electron chi connectivity index (χ2n) is 4.32. The van der Waals surface area contributed by atoms with Crippen LogP contribution in [0.1, 0.15) is 24.4 Å². The molecule has 0 amide bonds. The van der Waals surface area contributed by atoms with Gasteiger partial charge in [-0.25, -0.2) is 0 Å². The van der Waals surface area contributed by atoms with Crippen molar-refractivity contribution < 1.29 is 14.0 Å². The van der Waals surface area contributed by atoms with E-state index in [1.807, 2.05) is 36.4 Å². The van der Waals surface area contributed by atoms with Crippen LogP contribution in [0, 0.1) is 0 Å². The molecule has 4 nitrogen and oxygen atoms in total. The zero-order valence-corrected chi connectivity index (χ0v) is 10.2. The number of hydrogen-bond donors (Lipinski definition) is 1. The first-order valence-corrected chi connectivity index (χ1v) is 6.08. The van der Waals surface area contributed by atoms with Crippen LogP contribution in [0.5, 0.6) is 0 Å². The van der Waals surface area contributed by atoms with Crippen LogP contribution in [0.25, 0.3) is 12.2 Å². The molecule has 2 aromatic heterocycles. The molecule has 0 radical (unpaired) electrons. The topological polar surface area (TPSA) is 58.9 Å². The molecule has 0 saturated heterocycles. The predicted molar refractivity (Wildman–Crippen MR) is 71.8 cm³/mol. The highest BCUT2D eigenvalue weighted by atomic mass is 16.4. The molecule has 3 rings (SSSR count). The number of furan rings is 2. The van der Waals surface area contributed by atoms with Crippen LogP contribution in [-0.4, -0.2) is 10.9 Å². The van der Waals surface area contributed by atoms with E-state index < -0.39 is 0 Å². The van der Waals surface area contributed by atoms with Crippen LogP contribution in [0.3, 0.4) is 0 Å². The maximum Gasteiger partial charge on any atom is 0.126 e. The van der Waals surface area contributed by atoms with Crippen molar-refractivity contribution in [2.75, 3.05) is 0 Å². The van der Waals surface area contributed by atoms with Crippen molar-refractivity contribution >= 4 is 17.9 Å².